The Bertz CT molecular complexity index is 571. The average Bonchev–Trinajstić information content (AvgIpc) is 3.09. The molecule has 1 N–H and O–H groups in total. The van der Waals surface area contributed by atoms with E-state index < -0.39 is 0 Å². The predicted molar refractivity (Wildman–Crippen MR) is 96.8 cm³/mol. The number of fused-ring (bicyclic) bond motifs is 1. The molecule has 6 nitrogen and oxygen atoms in total. The standard InChI is InChI=1S/C19H29N3O3/c1-2-3-7-20-19(23)6-8-21-9-11-22(12-10-21)14-16-4-5-17-18(13-16)25-15-24-17/h4-5,13H,2-3,6-12,14-15H2,1H3,(H,20,23). The van der Waals surface area contributed by atoms with Crippen LogP contribution in [0, 0.1) is 0 Å². The van der Waals surface area contributed by atoms with E-state index in [0.29, 0.717) is 13.2 Å². The lowest BCUT2D eigenvalue weighted by Crippen LogP contribution is -2.46. The second-order valence-corrected chi connectivity index (χ2v) is 6.76. The highest BCUT2D eigenvalue weighted by molar-refractivity contribution is 5.76. The summed E-state index contributed by atoms with van der Waals surface area (Å²) in [5.74, 6) is 1.87. The summed E-state index contributed by atoms with van der Waals surface area (Å²) in [6.45, 7) is 9.16. The average molecular weight is 347 g/mol. The highest BCUT2D eigenvalue weighted by Crippen LogP contribution is 2.32. The first-order valence-electron chi connectivity index (χ1n) is 9.34. The van der Waals surface area contributed by atoms with Gasteiger partial charge in [-0.1, -0.05) is 19.4 Å². The van der Waals surface area contributed by atoms with Crippen LogP contribution in [0.2, 0.25) is 0 Å². The summed E-state index contributed by atoms with van der Waals surface area (Å²) in [6.07, 6.45) is 2.78. The quantitative estimate of drug-likeness (QED) is 0.727. The van der Waals surface area contributed by atoms with E-state index in [1.165, 1.54) is 5.56 Å². The zero-order valence-electron chi connectivity index (χ0n) is 15.1. The first-order valence-corrected chi connectivity index (χ1v) is 9.34. The molecule has 0 radical (unpaired) electrons. The van der Waals surface area contributed by atoms with Gasteiger partial charge in [0.25, 0.3) is 0 Å². The van der Waals surface area contributed by atoms with Crippen molar-refractivity contribution in [2.45, 2.75) is 32.7 Å². The molecule has 2 heterocycles. The van der Waals surface area contributed by atoms with Gasteiger partial charge in [-0.15, -0.1) is 0 Å². The molecule has 6 heteroatoms. The third kappa shape index (κ3) is 5.34. The molecule has 2 aliphatic heterocycles. The molecule has 1 aromatic carbocycles. The predicted octanol–water partition coefficient (Wildman–Crippen LogP) is 1.84. The number of piperazine rings is 1. The van der Waals surface area contributed by atoms with Gasteiger partial charge in [0.15, 0.2) is 11.5 Å². The van der Waals surface area contributed by atoms with Gasteiger partial charge in [-0.2, -0.15) is 0 Å². The number of nitrogens with zero attached hydrogens (tertiary/aromatic N) is 2. The van der Waals surface area contributed by atoms with E-state index in [-0.39, 0.29) is 5.91 Å². The van der Waals surface area contributed by atoms with Gasteiger partial charge >= 0.3 is 0 Å². The van der Waals surface area contributed by atoms with Crippen LogP contribution < -0.4 is 14.8 Å². The van der Waals surface area contributed by atoms with Crippen molar-refractivity contribution in [3.8, 4) is 11.5 Å². The molecule has 0 aromatic heterocycles. The van der Waals surface area contributed by atoms with Crippen molar-refractivity contribution >= 4 is 5.91 Å². The van der Waals surface area contributed by atoms with Crippen molar-refractivity contribution in [3.63, 3.8) is 0 Å². The number of rotatable bonds is 8. The van der Waals surface area contributed by atoms with E-state index in [4.69, 9.17) is 9.47 Å². The number of benzene rings is 1. The molecular formula is C19H29N3O3. The number of ether oxygens (including phenoxy) is 2. The van der Waals surface area contributed by atoms with Crippen molar-refractivity contribution in [2.75, 3.05) is 46.1 Å². The SMILES string of the molecule is CCCCNC(=O)CCN1CCN(Cc2ccc3c(c2)OCO3)CC1. The van der Waals surface area contributed by atoms with Gasteiger partial charge in [-0.25, -0.2) is 0 Å². The topological polar surface area (TPSA) is 54.0 Å². The molecule has 0 aliphatic carbocycles. The molecule has 1 fully saturated rings. The summed E-state index contributed by atoms with van der Waals surface area (Å²) in [5, 5.41) is 2.99. The summed E-state index contributed by atoms with van der Waals surface area (Å²) in [4.78, 5) is 16.6. The minimum absolute atomic E-state index is 0.177. The second-order valence-electron chi connectivity index (χ2n) is 6.76. The summed E-state index contributed by atoms with van der Waals surface area (Å²) in [6, 6.07) is 6.18. The summed E-state index contributed by atoms with van der Waals surface area (Å²) in [7, 11) is 0. The van der Waals surface area contributed by atoms with Crippen LogP contribution in [0.25, 0.3) is 0 Å². The molecule has 3 rings (SSSR count). The number of nitrogens with one attached hydrogen (secondary N) is 1. The van der Waals surface area contributed by atoms with Crippen LogP contribution in [0.1, 0.15) is 31.7 Å². The summed E-state index contributed by atoms with van der Waals surface area (Å²) in [5.41, 5.74) is 1.26. The van der Waals surface area contributed by atoms with Gasteiger partial charge < -0.3 is 19.7 Å². The lowest BCUT2D eigenvalue weighted by Gasteiger charge is -2.34. The maximum atomic E-state index is 11.8. The van der Waals surface area contributed by atoms with E-state index in [0.717, 1.165) is 70.2 Å². The molecular weight excluding hydrogens is 318 g/mol. The number of unbranched alkanes of at least 4 members (excludes halogenated alkanes) is 1. The monoisotopic (exact) mass is 347 g/mol. The number of hydrogen-bond acceptors (Lipinski definition) is 5. The fourth-order valence-corrected chi connectivity index (χ4v) is 3.22. The largest absolute Gasteiger partial charge is 0.454 e. The van der Waals surface area contributed by atoms with Crippen molar-refractivity contribution in [1.82, 2.24) is 15.1 Å². The molecule has 1 amide bonds. The minimum atomic E-state index is 0.177. The van der Waals surface area contributed by atoms with Crippen molar-refractivity contribution in [1.29, 1.82) is 0 Å². The number of hydrogen-bond donors (Lipinski definition) is 1. The molecule has 0 saturated carbocycles. The maximum Gasteiger partial charge on any atom is 0.231 e. The Hall–Kier alpha value is -1.79. The van der Waals surface area contributed by atoms with Crippen LogP contribution in [0.15, 0.2) is 18.2 Å². The molecule has 138 valence electrons. The first kappa shape index (κ1) is 18.0. The Kier molecular flexibility index (Phi) is 6.53. The highest BCUT2D eigenvalue weighted by Gasteiger charge is 2.19. The van der Waals surface area contributed by atoms with Crippen molar-refractivity contribution < 1.29 is 14.3 Å². The fourth-order valence-electron chi connectivity index (χ4n) is 3.22. The van der Waals surface area contributed by atoms with E-state index in [1.807, 2.05) is 6.07 Å². The third-order valence-electron chi connectivity index (χ3n) is 4.82. The smallest absolute Gasteiger partial charge is 0.231 e. The van der Waals surface area contributed by atoms with Crippen LogP contribution in [-0.4, -0.2) is 61.8 Å². The minimum Gasteiger partial charge on any atom is -0.454 e. The van der Waals surface area contributed by atoms with Gasteiger partial charge in [-0.3, -0.25) is 9.69 Å². The van der Waals surface area contributed by atoms with Gasteiger partial charge in [-0.05, 0) is 24.1 Å². The number of carbonyl (C=O) groups excluding carboxylic acids is 1. The molecule has 0 atom stereocenters. The Morgan fingerprint density at radius 3 is 2.68 bits per heavy atom. The third-order valence-corrected chi connectivity index (χ3v) is 4.82. The lowest BCUT2D eigenvalue weighted by molar-refractivity contribution is -0.121. The molecule has 1 aromatic rings. The maximum absolute atomic E-state index is 11.8. The normalized spacial score (nSPS) is 17.6. The zero-order chi connectivity index (χ0) is 17.5. The highest BCUT2D eigenvalue weighted by atomic mass is 16.7. The van der Waals surface area contributed by atoms with Gasteiger partial charge in [0.1, 0.15) is 0 Å². The van der Waals surface area contributed by atoms with Crippen LogP contribution in [-0.2, 0) is 11.3 Å². The molecule has 2 aliphatic rings. The van der Waals surface area contributed by atoms with E-state index in [9.17, 15) is 4.79 Å². The van der Waals surface area contributed by atoms with E-state index in [2.05, 4.69) is 34.2 Å². The van der Waals surface area contributed by atoms with Gasteiger partial charge in [0, 0.05) is 52.2 Å². The van der Waals surface area contributed by atoms with Crippen LogP contribution in [0.4, 0.5) is 0 Å². The number of carbonyl (C=O) groups is 1. The molecule has 0 unspecified atom stereocenters. The molecule has 25 heavy (non-hydrogen) atoms. The fraction of sp³-hybridized carbons (Fsp3) is 0.632. The van der Waals surface area contributed by atoms with E-state index in [1.54, 1.807) is 0 Å². The van der Waals surface area contributed by atoms with Crippen LogP contribution in [0.5, 0.6) is 11.5 Å². The Morgan fingerprint density at radius 2 is 1.88 bits per heavy atom. The van der Waals surface area contributed by atoms with Gasteiger partial charge in [0.05, 0.1) is 0 Å². The zero-order valence-corrected chi connectivity index (χ0v) is 15.1. The van der Waals surface area contributed by atoms with Crippen LogP contribution >= 0.6 is 0 Å². The Labute approximate surface area is 150 Å². The Morgan fingerprint density at radius 1 is 1.12 bits per heavy atom. The number of amides is 1. The van der Waals surface area contributed by atoms with E-state index >= 15 is 0 Å². The van der Waals surface area contributed by atoms with Crippen LogP contribution in [0.3, 0.4) is 0 Å². The molecule has 0 bridgehead atoms. The summed E-state index contributed by atoms with van der Waals surface area (Å²) < 4.78 is 10.8. The summed E-state index contributed by atoms with van der Waals surface area (Å²) >= 11 is 0. The molecule has 1 saturated heterocycles. The lowest BCUT2D eigenvalue weighted by atomic mass is 10.1. The second kappa shape index (κ2) is 9.06. The first-order chi connectivity index (χ1) is 12.2. The molecule has 0 spiro atoms. The van der Waals surface area contributed by atoms with Gasteiger partial charge in [0.2, 0.25) is 12.7 Å². The van der Waals surface area contributed by atoms with Crippen molar-refractivity contribution in [3.05, 3.63) is 23.8 Å². The van der Waals surface area contributed by atoms with Crippen molar-refractivity contribution in [2.24, 2.45) is 0 Å². The Balaban J connectivity index is 1.35.